The largest absolute Gasteiger partial charge is 0.449 e. The van der Waals surface area contributed by atoms with Crippen LogP contribution in [0.2, 0.25) is 5.02 Å². The zero-order valence-electron chi connectivity index (χ0n) is 17.3. The molecule has 31 heavy (non-hydrogen) atoms. The van der Waals surface area contributed by atoms with Crippen LogP contribution in [0.1, 0.15) is 41.6 Å². The standard InChI is InChI=1S/C24H26ClN3O3/c25-19-8-3-2-7-17(19)16-22-24(30)27-20-15-18(9-10-21(20)31-22)23(29)26-11-6-14-28-12-4-1-5-13-28/h2-3,7-10,15-16H,1,4-6,11-14H2,(H,26,29)(H,27,30)/b22-16+. The Hall–Kier alpha value is -2.83. The van der Waals surface area contributed by atoms with Gasteiger partial charge in [-0.25, -0.2) is 0 Å². The number of nitrogens with zero attached hydrogens (tertiary/aromatic N) is 1. The minimum absolute atomic E-state index is 0.149. The molecule has 2 heterocycles. The lowest BCUT2D eigenvalue weighted by molar-refractivity contribution is -0.115. The number of rotatable bonds is 6. The fraction of sp³-hybridized carbons (Fsp3) is 0.333. The Balaban J connectivity index is 1.35. The lowest BCUT2D eigenvalue weighted by atomic mass is 10.1. The summed E-state index contributed by atoms with van der Waals surface area (Å²) >= 11 is 6.16. The van der Waals surface area contributed by atoms with Gasteiger partial charge in [-0.05, 0) is 74.8 Å². The van der Waals surface area contributed by atoms with Crippen LogP contribution in [-0.4, -0.2) is 42.9 Å². The van der Waals surface area contributed by atoms with Crippen LogP contribution < -0.4 is 15.4 Å². The van der Waals surface area contributed by atoms with E-state index in [0.717, 1.165) is 26.1 Å². The van der Waals surface area contributed by atoms with E-state index in [1.165, 1.54) is 19.3 Å². The van der Waals surface area contributed by atoms with E-state index in [2.05, 4.69) is 15.5 Å². The van der Waals surface area contributed by atoms with Gasteiger partial charge in [0.1, 0.15) is 0 Å². The van der Waals surface area contributed by atoms with Crippen LogP contribution in [0.15, 0.2) is 48.2 Å². The van der Waals surface area contributed by atoms with Crippen molar-refractivity contribution < 1.29 is 14.3 Å². The number of halogens is 1. The molecule has 0 aromatic heterocycles. The molecule has 2 aliphatic heterocycles. The number of carbonyl (C=O) groups is 2. The van der Waals surface area contributed by atoms with Crippen LogP contribution in [-0.2, 0) is 4.79 Å². The predicted octanol–water partition coefficient (Wildman–Crippen LogP) is 4.32. The molecule has 2 aromatic rings. The van der Waals surface area contributed by atoms with Gasteiger partial charge in [0.25, 0.3) is 11.8 Å². The van der Waals surface area contributed by atoms with Gasteiger partial charge in [-0.3, -0.25) is 9.59 Å². The highest BCUT2D eigenvalue weighted by molar-refractivity contribution is 6.32. The Labute approximate surface area is 187 Å². The molecule has 0 atom stereocenters. The summed E-state index contributed by atoms with van der Waals surface area (Å²) in [7, 11) is 0. The van der Waals surface area contributed by atoms with Crippen molar-refractivity contribution in [3.05, 3.63) is 64.4 Å². The summed E-state index contributed by atoms with van der Waals surface area (Å²) in [6.45, 7) is 3.95. The van der Waals surface area contributed by atoms with E-state index in [9.17, 15) is 9.59 Å². The SMILES string of the molecule is O=C1Nc2cc(C(=O)NCCCN3CCCCC3)ccc2O/C1=C/c1ccccc1Cl. The molecule has 2 aromatic carbocycles. The number of nitrogens with one attached hydrogen (secondary N) is 2. The van der Waals surface area contributed by atoms with Crippen molar-refractivity contribution in [3.63, 3.8) is 0 Å². The normalized spacial score (nSPS) is 17.6. The van der Waals surface area contributed by atoms with Gasteiger partial charge in [-0.1, -0.05) is 36.2 Å². The number of carbonyl (C=O) groups excluding carboxylic acids is 2. The number of benzene rings is 2. The second kappa shape index (κ2) is 9.98. The topological polar surface area (TPSA) is 70.7 Å². The second-order valence-electron chi connectivity index (χ2n) is 7.81. The molecule has 2 N–H and O–H groups in total. The molecule has 0 unspecified atom stereocenters. The molecular weight excluding hydrogens is 414 g/mol. The second-order valence-corrected chi connectivity index (χ2v) is 8.22. The van der Waals surface area contributed by atoms with Crippen molar-refractivity contribution >= 4 is 35.2 Å². The fourth-order valence-electron chi connectivity index (χ4n) is 3.82. The average molecular weight is 440 g/mol. The summed E-state index contributed by atoms with van der Waals surface area (Å²) in [4.78, 5) is 27.4. The van der Waals surface area contributed by atoms with E-state index in [1.807, 2.05) is 12.1 Å². The van der Waals surface area contributed by atoms with Gasteiger partial charge in [0.2, 0.25) is 0 Å². The molecule has 6 nitrogen and oxygen atoms in total. The van der Waals surface area contributed by atoms with Gasteiger partial charge in [0, 0.05) is 17.1 Å². The molecule has 0 saturated carbocycles. The van der Waals surface area contributed by atoms with Crippen LogP contribution in [0.4, 0.5) is 5.69 Å². The van der Waals surface area contributed by atoms with Gasteiger partial charge in [-0.2, -0.15) is 0 Å². The molecule has 0 radical (unpaired) electrons. The van der Waals surface area contributed by atoms with Crippen molar-refractivity contribution in [1.82, 2.24) is 10.2 Å². The van der Waals surface area contributed by atoms with Gasteiger partial charge >= 0.3 is 0 Å². The Bertz CT molecular complexity index is 999. The van der Waals surface area contributed by atoms with E-state index in [-0.39, 0.29) is 17.6 Å². The Morgan fingerprint density at radius 1 is 1.16 bits per heavy atom. The number of hydrogen-bond donors (Lipinski definition) is 2. The lowest BCUT2D eigenvalue weighted by Crippen LogP contribution is -2.33. The molecule has 1 saturated heterocycles. The molecule has 0 aliphatic carbocycles. The zero-order valence-corrected chi connectivity index (χ0v) is 18.1. The first-order valence-electron chi connectivity index (χ1n) is 10.7. The summed E-state index contributed by atoms with van der Waals surface area (Å²) in [5.74, 6) is 0.0923. The van der Waals surface area contributed by atoms with Crippen LogP contribution in [0.5, 0.6) is 5.75 Å². The molecule has 2 aliphatic rings. The fourth-order valence-corrected chi connectivity index (χ4v) is 4.01. The van der Waals surface area contributed by atoms with Gasteiger partial charge in [0.05, 0.1) is 5.69 Å². The van der Waals surface area contributed by atoms with E-state index >= 15 is 0 Å². The van der Waals surface area contributed by atoms with Crippen molar-refractivity contribution in [2.24, 2.45) is 0 Å². The molecule has 1 fully saturated rings. The molecule has 162 valence electrons. The first-order chi connectivity index (χ1) is 15.1. The molecule has 0 bridgehead atoms. The van der Waals surface area contributed by atoms with Crippen molar-refractivity contribution in [2.75, 3.05) is 31.5 Å². The van der Waals surface area contributed by atoms with Crippen LogP contribution in [0.3, 0.4) is 0 Å². The number of ether oxygens (including phenoxy) is 1. The minimum atomic E-state index is -0.383. The molecule has 2 amide bonds. The van der Waals surface area contributed by atoms with Crippen LogP contribution >= 0.6 is 11.6 Å². The third-order valence-corrected chi connectivity index (χ3v) is 5.86. The van der Waals surface area contributed by atoms with E-state index in [1.54, 1.807) is 36.4 Å². The molecule has 7 heteroatoms. The van der Waals surface area contributed by atoms with Crippen LogP contribution in [0, 0.1) is 0 Å². The third kappa shape index (κ3) is 5.46. The summed E-state index contributed by atoms with van der Waals surface area (Å²) in [5.41, 5.74) is 1.65. The van der Waals surface area contributed by atoms with Gasteiger partial charge < -0.3 is 20.3 Å². The van der Waals surface area contributed by atoms with Gasteiger partial charge in [-0.15, -0.1) is 0 Å². The van der Waals surface area contributed by atoms with Crippen molar-refractivity contribution in [3.8, 4) is 5.75 Å². The predicted molar refractivity (Wildman–Crippen MR) is 122 cm³/mol. The number of amides is 2. The molecular formula is C24H26ClN3O3. The monoisotopic (exact) mass is 439 g/mol. The minimum Gasteiger partial charge on any atom is -0.449 e. The van der Waals surface area contributed by atoms with E-state index in [4.69, 9.17) is 16.3 Å². The summed E-state index contributed by atoms with van der Waals surface area (Å²) in [6, 6.07) is 12.2. The number of likely N-dealkylation sites (tertiary alicyclic amines) is 1. The first kappa shape index (κ1) is 21.4. The summed E-state index contributed by atoms with van der Waals surface area (Å²) in [6.07, 6.45) is 6.38. The van der Waals surface area contributed by atoms with Gasteiger partial charge in [0.15, 0.2) is 11.5 Å². The maximum Gasteiger partial charge on any atom is 0.291 e. The quantitative estimate of drug-likeness (QED) is 0.519. The highest BCUT2D eigenvalue weighted by atomic mass is 35.5. The highest BCUT2D eigenvalue weighted by Crippen LogP contribution is 2.33. The number of piperidine rings is 1. The third-order valence-electron chi connectivity index (χ3n) is 5.51. The molecule has 0 spiro atoms. The maximum atomic E-state index is 12.5. The Morgan fingerprint density at radius 3 is 2.77 bits per heavy atom. The average Bonchev–Trinajstić information content (AvgIpc) is 2.79. The first-order valence-corrected chi connectivity index (χ1v) is 11.1. The number of hydrogen-bond acceptors (Lipinski definition) is 4. The summed E-state index contributed by atoms with van der Waals surface area (Å²) < 4.78 is 5.76. The van der Waals surface area contributed by atoms with E-state index < -0.39 is 0 Å². The number of anilines is 1. The van der Waals surface area contributed by atoms with Crippen LogP contribution in [0.25, 0.3) is 6.08 Å². The Morgan fingerprint density at radius 2 is 1.97 bits per heavy atom. The molecule has 4 rings (SSSR count). The maximum absolute atomic E-state index is 12.5. The van der Waals surface area contributed by atoms with E-state index in [0.29, 0.717) is 34.1 Å². The zero-order chi connectivity index (χ0) is 21.6. The number of fused-ring (bicyclic) bond motifs is 1. The van der Waals surface area contributed by atoms with Crippen molar-refractivity contribution in [1.29, 1.82) is 0 Å². The summed E-state index contributed by atoms with van der Waals surface area (Å²) in [5, 5.41) is 6.28. The Kier molecular flexibility index (Phi) is 6.89. The van der Waals surface area contributed by atoms with Crippen molar-refractivity contribution in [2.45, 2.75) is 25.7 Å². The smallest absolute Gasteiger partial charge is 0.291 e. The lowest BCUT2D eigenvalue weighted by Gasteiger charge is -2.26. The highest BCUT2D eigenvalue weighted by Gasteiger charge is 2.23.